The summed E-state index contributed by atoms with van der Waals surface area (Å²) in [7, 11) is 0. The van der Waals surface area contributed by atoms with Crippen LogP contribution in [0.1, 0.15) is 15.9 Å². The van der Waals surface area contributed by atoms with Crippen molar-refractivity contribution < 1.29 is 14.6 Å². The topological polar surface area (TPSA) is 46.5 Å². The zero-order chi connectivity index (χ0) is 13.8. The second-order valence-electron chi connectivity index (χ2n) is 3.85. The maximum atomic E-state index is 11.1. The molecule has 0 fully saturated rings. The first-order chi connectivity index (χ1) is 9.06. The average molecular weight is 297 g/mol. The van der Waals surface area contributed by atoms with Crippen molar-refractivity contribution in [3.05, 3.63) is 63.6 Å². The lowest BCUT2D eigenvalue weighted by atomic mass is 10.1. The van der Waals surface area contributed by atoms with Crippen LogP contribution in [0.15, 0.2) is 42.5 Å². The van der Waals surface area contributed by atoms with Crippen LogP contribution in [0.25, 0.3) is 0 Å². The van der Waals surface area contributed by atoms with Gasteiger partial charge in [-0.2, -0.15) is 0 Å². The molecule has 2 aromatic rings. The highest BCUT2D eigenvalue weighted by Gasteiger charge is 2.11. The van der Waals surface area contributed by atoms with E-state index in [4.69, 9.17) is 33.0 Å². The largest absolute Gasteiger partial charge is 0.489 e. The van der Waals surface area contributed by atoms with Gasteiger partial charge in [-0.3, -0.25) is 0 Å². The summed E-state index contributed by atoms with van der Waals surface area (Å²) in [6.45, 7) is 0.153. The molecule has 0 atom stereocenters. The summed E-state index contributed by atoms with van der Waals surface area (Å²) in [5.41, 5.74) is 0.702. The van der Waals surface area contributed by atoms with Crippen LogP contribution < -0.4 is 4.74 Å². The summed E-state index contributed by atoms with van der Waals surface area (Å²) >= 11 is 11.5. The van der Waals surface area contributed by atoms with Crippen molar-refractivity contribution in [1.82, 2.24) is 0 Å². The number of halogens is 2. The molecule has 0 spiro atoms. The quantitative estimate of drug-likeness (QED) is 0.916. The molecule has 0 aliphatic heterocycles. The van der Waals surface area contributed by atoms with E-state index >= 15 is 0 Å². The van der Waals surface area contributed by atoms with Gasteiger partial charge in [-0.25, -0.2) is 4.79 Å². The van der Waals surface area contributed by atoms with E-state index < -0.39 is 5.97 Å². The van der Waals surface area contributed by atoms with E-state index in [0.29, 0.717) is 21.4 Å². The second kappa shape index (κ2) is 5.95. The van der Waals surface area contributed by atoms with E-state index in [2.05, 4.69) is 0 Å². The minimum absolute atomic E-state index is 0.140. The van der Waals surface area contributed by atoms with Crippen LogP contribution in [0.3, 0.4) is 0 Å². The van der Waals surface area contributed by atoms with Crippen molar-refractivity contribution in [3.63, 3.8) is 0 Å². The molecule has 0 amide bonds. The Morgan fingerprint density at radius 1 is 1.05 bits per heavy atom. The Labute approximate surface area is 120 Å². The van der Waals surface area contributed by atoms with Crippen molar-refractivity contribution >= 4 is 29.2 Å². The Kier molecular flexibility index (Phi) is 4.30. The zero-order valence-corrected chi connectivity index (χ0v) is 11.3. The molecule has 3 nitrogen and oxygen atoms in total. The zero-order valence-electron chi connectivity index (χ0n) is 9.77. The lowest BCUT2D eigenvalue weighted by Gasteiger charge is -2.09. The van der Waals surface area contributed by atoms with Gasteiger partial charge in [0.15, 0.2) is 0 Å². The van der Waals surface area contributed by atoms with Crippen LogP contribution >= 0.6 is 23.2 Å². The predicted octanol–water partition coefficient (Wildman–Crippen LogP) is 4.27. The molecule has 0 saturated carbocycles. The molecule has 5 heteroatoms. The monoisotopic (exact) mass is 296 g/mol. The van der Waals surface area contributed by atoms with Crippen molar-refractivity contribution in [2.24, 2.45) is 0 Å². The summed E-state index contributed by atoms with van der Waals surface area (Å²) in [6, 6.07) is 11.5. The van der Waals surface area contributed by atoms with E-state index in [1.54, 1.807) is 36.4 Å². The summed E-state index contributed by atoms with van der Waals surface area (Å²) in [5, 5.41) is 10.1. The van der Waals surface area contributed by atoms with Gasteiger partial charge in [0.1, 0.15) is 12.4 Å². The summed E-state index contributed by atoms with van der Waals surface area (Å²) in [5.74, 6) is -0.409. The second-order valence-corrected chi connectivity index (χ2v) is 4.72. The minimum Gasteiger partial charge on any atom is -0.489 e. The third kappa shape index (κ3) is 3.63. The third-order valence-corrected chi connectivity index (χ3v) is 3.00. The van der Waals surface area contributed by atoms with E-state index in [1.165, 1.54) is 6.07 Å². The first-order valence-electron chi connectivity index (χ1n) is 5.46. The van der Waals surface area contributed by atoms with Gasteiger partial charge < -0.3 is 9.84 Å². The standard InChI is InChI=1S/C14H10Cl2O3/c15-10-3-5-12(6-4-10)19-8-9-1-2-11(16)7-13(9)14(17)18/h1-7H,8H2,(H,17,18). The highest BCUT2D eigenvalue weighted by Crippen LogP contribution is 2.20. The van der Waals surface area contributed by atoms with Gasteiger partial charge in [0.05, 0.1) is 5.56 Å². The molecule has 98 valence electrons. The van der Waals surface area contributed by atoms with Crippen LogP contribution in [0.2, 0.25) is 10.0 Å². The van der Waals surface area contributed by atoms with Gasteiger partial charge in [0, 0.05) is 15.6 Å². The molecule has 1 N–H and O–H groups in total. The molecule has 0 unspecified atom stereocenters. The molecule has 0 aromatic heterocycles. The Morgan fingerprint density at radius 2 is 1.68 bits per heavy atom. The molecule has 0 aliphatic rings. The number of carbonyl (C=O) groups is 1. The molecule has 0 heterocycles. The van der Waals surface area contributed by atoms with Gasteiger partial charge >= 0.3 is 5.97 Å². The molecular formula is C14H10Cl2O3. The Bertz CT molecular complexity index is 594. The van der Waals surface area contributed by atoms with Crippen LogP contribution in [0, 0.1) is 0 Å². The number of rotatable bonds is 4. The molecule has 2 rings (SSSR count). The fourth-order valence-corrected chi connectivity index (χ4v) is 1.86. The van der Waals surface area contributed by atoms with E-state index in [0.717, 1.165) is 0 Å². The van der Waals surface area contributed by atoms with Gasteiger partial charge in [-0.15, -0.1) is 0 Å². The smallest absolute Gasteiger partial charge is 0.336 e. The van der Waals surface area contributed by atoms with Gasteiger partial charge in [0.2, 0.25) is 0 Å². The Hall–Kier alpha value is -1.71. The number of hydrogen-bond acceptors (Lipinski definition) is 2. The van der Waals surface area contributed by atoms with Crippen LogP contribution in [0.5, 0.6) is 5.75 Å². The molecule has 2 aromatic carbocycles. The number of ether oxygens (including phenoxy) is 1. The van der Waals surface area contributed by atoms with Gasteiger partial charge in [-0.1, -0.05) is 29.3 Å². The maximum absolute atomic E-state index is 11.1. The first-order valence-corrected chi connectivity index (χ1v) is 6.22. The van der Waals surface area contributed by atoms with E-state index in [1.807, 2.05) is 0 Å². The predicted molar refractivity (Wildman–Crippen MR) is 74.2 cm³/mol. The lowest BCUT2D eigenvalue weighted by molar-refractivity contribution is 0.0694. The molecule has 0 bridgehead atoms. The summed E-state index contributed by atoms with van der Waals surface area (Å²) in [4.78, 5) is 11.1. The third-order valence-electron chi connectivity index (χ3n) is 2.51. The highest BCUT2D eigenvalue weighted by molar-refractivity contribution is 6.31. The van der Waals surface area contributed by atoms with Crippen LogP contribution in [-0.4, -0.2) is 11.1 Å². The van der Waals surface area contributed by atoms with Crippen LogP contribution in [0.4, 0.5) is 0 Å². The summed E-state index contributed by atoms with van der Waals surface area (Å²) in [6.07, 6.45) is 0. The molecule has 0 saturated heterocycles. The normalized spacial score (nSPS) is 10.2. The minimum atomic E-state index is -1.03. The van der Waals surface area contributed by atoms with E-state index in [-0.39, 0.29) is 12.2 Å². The lowest BCUT2D eigenvalue weighted by Crippen LogP contribution is -2.05. The fraction of sp³-hybridized carbons (Fsp3) is 0.0714. The molecule has 0 aliphatic carbocycles. The molecule has 19 heavy (non-hydrogen) atoms. The fourth-order valence-electron chi connectivity index (χ4n) is 1.57. The maximum Gasteiger partial charge on any atom is 0.336 e. The van der Waals surface area contributed by atoms with Crippen molar-refractivity contribution in [1.29, 1.82) is 0 Å². The highest BCUT2D eigenvalue weighted by atomic mass is 35.5. The van der Waals surface area contributed by atoms with Gasteiger partial charge in [-0.05, 0) is 36.4 Å². The van der Waals surface area contributed by atoms with Crippen LogP contribution in [-0.2, 0) is 6.61 Å². The van der Waals surface area contributed by atoms with Crippen molar-refractivity contribution in [2.75, 3.05) is 0 Å². The molecule has 0 radical (unpaired) electrons. The Morgan fingerprint density at radius 3 is 2.32 bits per heavy atom. The van der Waals surface area contributed by atoms with Gasteiger partial charge in [0.25, 0.3) is 0 Å². The first kappa shape index (κ1) is 13.7. The number of hydrogen-bond donors (Lipinski definition) is 1. The van der Waals surface area contributed by atoms with E-state index in [9.17, 15) is 4.79 Å². The van der Waals surface area contributed by atoms with Crippen molar-refractivity contribution in [2.45, 2.75) is 6.61 Å². The number of carboxylic acids is 1. The number of benzene rings is 2. The SMILES string of the molecule is O=C(O)c1cc(Cl)ccc1COc1ccc(Cl)cc1. The average Bonchev–Trinajstić information content (AvgIpc) is 2.39. The summed E-state index contributed by atoms with van der Waals surface area (Å²) < 4.78 is 5.51. The number of aromatic carboxylic acids is 1. The Balaban J connectivity index is 2.15. The van der Waals surface area contributed by atoms with Crippen molar-refractivity contribution in [3.8, 4) is 5.75 Å². The number of carboxylic acid groups (broad SMARTS) is 1. The molecular weight excluding hydrogens is 287 g/mol.